The Morgan fingerprint density at radius 2 is 1.59 bits per heavy atom. The predicted molar refractivity (Wildman–Crippen MR) is 67.9 cm³/mol. The largest absolute Gasteiger partial charge is 0.423 e. The molecule has 0 radical (unpaired) electrons. The SMILES string of the molecule is CCC(C)N1C=CN(C(C)CC)C1OC(C)=O. The summed E-state index contributed by atoms with van der Waals surface area (Å²) in [6.07, 6.45) is 5.81. The Labute approximate surface area is 104 Å². The minimum atomic E-state index is -0.280. The van der Waals surface area contributed by atoms with Gasteiger partial charge in [0.1, 0.15) is 0 Å². The van der Waals surface area contributed by atoms with Gasteiger partial charge in [0.05, 0.1) is 0 Å². The van der Waals surface area contributed by atoms with Crippen molar-refractivity contribution in [3.63, 3.8) is 0 Å². The zero-order valence-corrected chi connectivity index (χ0v) is 11.5. The van der Waals surface area contributed by atoms with Crippen LogP contribution in [0.5, 0.6) is 0 Å². The number of carbonyl (C=O) groups excluding carboxylic acids is 1. The molecule has 0 aromatic carbocycles. The highest BCUT2D eigenvalue weighted by Crippen LogP contribution is 2.24. The Bertz CT molecular complexity index is 271. The summed E-state index contributed by atoms with van der Waals surface area (Å²) in [7, 11) is 0. The lowest BCUT2D eigenvalue weighted by Gasteiger charge is -2.37. The third kappa shape index (κ3) is 3.14. The lowest BCUT2D eigenvalue weighted by atomic mass is 10.2. The number of hydrogen-bond acceptors (Lipinski definition) is 4. The number of hydrogen-bond donors (Lipinski definition) is 0. The summed E-state index contributed by atoms with van der Waals surface area (Å²) in [4.78, 5) is 15.4. The van der Waals surface area contributed by atoms with Crippen molar-refractivity contribution < 1.29 is 9.53 Å². The van der Waals surface area contributed by atoms with E-state index in [1.54, 1.807) is 0 Å². The van der Waals surface area contributed by atoms with E-state index in [4.69, 9.17) is 4.74 Å². The smallest absolute Gasteiger partial charge is 0.305 e. The molecule has 1 aliphatic heterocycles. The average Bonchev–Trinajstić information content (AvgIpc) is 2.70. The van der Waals surface area contributed by atoms with Crippen molar-refractivity contribution in [1.82, 2.24) is 9.80 Å². The Morgan fingerprint density at radius 3 is 1.88 bits per heavy atom. The van der Waals surface area contributed by atoms with Crippen LogP contribution in [-0.2, 0) is 9.53 Å². The number of ether oxygens (including phenoxy) is 1. The molecular weight excluding hydrogens is 216 g/mol. The highest BCUT2D eigenvalue weighted by molar-refractivity contribution is 5.66. The van der Waals surface area contributed by atoms with E-state index in [-0.39, 0.29) is 12.3 Å². The van der Waals surface area contributed by atoms with Crippen LogP contribution in [0, 0.1) is 0 Å². The summed E-state index contributed by atoms with van der Waals surface area (Å²) in [5.74, 6) is -0.236. The lowest BCUT2D eigenvalue weighted by Crippen LogP contribution is -2.48. The van der Waals surface area contributed by atoms with Gasteiger partial charge in [-0.25, -0.2) is 0 Å². The second kappa shape index (κ2) is 5.94. The van der Waals surface area contributed by atoms with E-state index >= 15 is 0 Å². The van der Waals surface area contributed by atoms with Crippen LogP contribution in [0.25, 0.3) is 0 Å². The van der Waals surface area contributed by atoms with Crippen LogP contribution < -0.4 is 0 Å². The molecule has 1 aliphatic rings. The van der Waals surface area contributed by atoms with E-state index < -0.39 is 0 Å². The number of carbonyl (C=O) groups is 1. The summed E-state index contributed by atoms with van der Waals surface area (Å²) in [6, 6.07) is 0.731. The standard InChI is InChI=1S/C13H24N2O2/c1-6-10(3)14-8-9-15(11(4)7-2)13(14)17-12(5)16/h8-11,13H,6-7H2,1-5H3. The molecule has 0 saturated carbocycles. The number of nitrogens with zero attached hydrogens (tertiary/aromatic N) is 2. The number of rotatable bonds is 5. The molecule has 17 heavy (non-hydrogen) atoms. The quantitative estimate of drug-likeness (QED) is 0.691. The van der Waals surface area contributed by atoms with E-state index in [1.807, 2.05) is 12.4 Å². The van der Waals surface area contributed by atoms with Gasteiger partial charge < -0.3 is 14.5 Å². The molecule has 0 bridgehead atoms. The molecule has 0 N–H and O–H groups in total. The maximum atomic E-state index is 11.2. The average molecular weight is 240 g/mol. The van der Waals surface area contributed by atoms with Crippen molar-refractivity contribution in [2.24, 2.45) is 0 Å². The molecule has 4 nitrogen and oxygen atoms in total. The molecule has 0 aromatic rings. The van der Waals surface area contributed by atoms with Crippen molar-refractivity contribution in [3.05, 3.63) is 12.4 Å². The second-order valence-electron chi connectivity index (χ2n) is 4.64. The van der Waals surface area contributed by atoms with Gasteiger partial charge in [-0.15, -0.1) is 0 Å². The molecule has 4 heteroatoms. The van der Waals surface area contributed by atoms with Crippen LogP contribution in [0.1, 0.15) is 47.5 Å². The first kappa shape index (κ1) is 13.9. The molecule has 0 spiro atoms. The fraction of sp³-hybridized carbons (Fsp3) is 0.769. The van der Waals surface area contributed by atoms with E-state index in [1.165, 1.54) is 6.92 Å². The van der Waals surface area contributed by atoms with Crippen LogP contribution in [0.2, 0.25) is 0 Å². The second-order valence-corrected chi connectivity index (χ2v) is 4.64. The molecule has 98 valence electrons. The number of esters is 1. The van der Waals surface area contributed by atoms with Crippen molar-refractivity contribution in [1.29, 1.82) is 0 Å². The first-order valence-electron chi connectivity index (χ1n) is 6.41. The topological polar surface area (TPSA) is 32.8 Å². The Balaban J connectivity index is 2.81. The molecule has 1 heterocycles. The van der Waals surface area contributed by atoms with Gasteiger partial charge in [0.15, 0.2) is 0 Å². The molecule has 1 rings (SSSR count). The minimum Gasteiger partial charge on any atom is -0.423 e. The van der Waals surface area contributed by atoms with Gasteiger partial charge in [0.2, 0.25) is 0 Å². The van der Waals surface area contributed by atoms with Gasteiger partial charge in [-0.3, -0.25) is 4.79 Å². The van der Waals surface area contributed by atoms with Gasteiger partial charge in [-0.05, 0) is 26.7 Å². The molecule has 2 atom stereocenters. The summed E-state index contributed by atoms with van der Waals surface area (Å²) in [6.45, 7) is 10.0. The highest BCUT2D eigenvalue weighted by atomic mass is 16.6. The molecule has 0 saturated heterocycles. The Morgan fingerprint density at radius 1 is 1.18 bits per heavy atom. The van der Waals surface area contributed by atoms with E-state index in [0.29, 0.717) is 12.1 Å². The van der Waals surface area contributed by atoms with Crippen LogP contribution in [0.15, 0.2) is 12.4 Å². The lowest BCUT2D eigenvalue weighted by molar-refractivity contribution is -0.171. The van der Waals surface area contributed by atoms with Crippen molar-refractivity contribution in [2.75, 3.05) is 0 Å². The van der Waals surface area contributed by atoms with Crippen LogP contribution in [0.3, 0.4) is 0 Å². The molecular formula is C13H24N2O2. The molecule has 0 aromatic heterocycles. The molecule has 0 amide bonds. The maximum absolute atomic E-state index is 11.2. The zero-order valence-electron chi connectivity index (χ0n) is 11.5. The van der Waals surface area contributed by atoms with Crippen molar-refractivity contribution in [2.45, 2.75) is 65.9 Å². The summed E-state index contributed by atoms with van der Waals surface area (Å²) < 4.78 is 5.43. The van der Waals surface area contributed by atoms with Crippen LogP contribution in [0.4, 0.5) is 0 Å². The van der Waals surface area contributed by atoms with Crippen molar-refractivity contribution in [3.8, 4) is 0 Å². The van der Waals surface area contributed by atoms with Crippen molar-refractivity contribution >= 4 is 5.97 Å². The summed E-state index contributed by atoms with van der Waals surface area (Å²) in [5.41, 5.74) is 0. The van der Waals surface area contributed by atoms with Gasteiger partial charge in [0.25, 0.3) is 6.35 Å². The van der Waals surface area contributed by atoms with E-state index in [2.05, 4.69) is 37.5 Å². The van der Waals surface area contributed by atoms with E-state index in [9.17, 15) is 4.79 Å². The molecule has 2 unspecified atom stereocenters. The first-order chi connectivity index (χ1) is 8.01. The monoisotopic (exact) mass is 240 g/mol. The predicted octanol–water partition coefficient (Wildman–Crippen LogP) is 2.52. The van der Waals surface area contributed by atoms with Crippen LogP contribution >= 0.6 is 0 Å². The van der Waals surface area contributed by atoms with Crippen LogP contribution in [-0.4, -0.2) is 34.2 Å². The third-order valence-corrected chi connectivity index (χ3v) is 3.39. The summed E-state index contributed by atoms with van der Waals surface area (Å²) in [5, 5.41) is 0. The maximum Gasteiger partial charge on any atom is 0.305 e. The first-order valence-corrected chi connectivity index (χ1v) is 6.41. The molecule has 0 fully saturated rings. The highest BCUT2D eigenvalue weighted by Gasteiger charge is 2.33. The zero-order chi connectivity index (χ0) is 13.0. The fourth-order valence-electron chi connectivity index (χ4n) is 1.88. The normalized spacial score (nSPS) is 22.8. The van der Waals surface area contributed by atoms with Gasteiger partial charge in [0, 0.05) is 31.4 Å². The van der Waals surface area contributed by atoms with Gasteiger partial charge in [-0.2, -0.15) is 0 Å². The molecule has 0 aliphatic carbocycles. The third-order valence-electron chi connectivity index (χ3n) is 3.39. The fourth-order valence-corrected chi connectivity index (χ4v) is 1.88. The summed E-state index contributed by atoms with van der Waals surface area (Å²) >= 11 is 0. The van der Waals surface area contributed by atoms with Gasteiger partial charge in [-0.1, -0.05) is 13.8 Å². The van der Waals surface area contributed by atoms with E-state index in [0.717, 1.165) is 12.8 Å². The Kier molecular flexibility index (Phi) is 4.85. The Hall–Kier alpha value is -1.19. The van der Waals surface area contributed by atoms with Gasteiger partial charge >= 0.3 is 5.97 Å². The minimum absolute atomic E-state index is 0.236.